The highest BCUT2D eigenvalue weighted by molar-refractivity contribution is 7.09. The van der Waals surface area contributed by atoms with E-state index in [1.165, 1.54) is 17.8 Å². The Hall–Kier alpha value is -2.02. The number of anilines is 1. The van der Waals surface area contributed by atoms with Gasteiger partial charge in [0, 0.05) is 29.9 Å². The van der Waals surface area contributed by atoms with E-state index in [0.29, 0.717) is 11.8 Å². The number of hydrogen-bond donors (Lipinski definition) is 0. The Morgan fingerprint density at radius 3 is 3.09 bits per heavy atom. The van der Waals surface area contributed by atoms with Gasteiger partial charge in [0.25, 0.3) is 5.78 Å². The Labute approximate surface area is 139 Å². The molecule has 120 valence electrons. The molecule has 4 heterocycles. The Bertz CT molecular complexity index is 781. The van der Waals surface area contributed by atoms with Crippen LogP contribution in [0.15, 0.2) is 24.0 Å². The average molecular weight is 328 g/mol. The molecule has 1 atom stereocenters. The van der Waals surface area contributed by atoms with Crippen molar-refractivity contribution in [2.45, 2.75) is 45.1 Å². The fourth-order valence-corrected chi connectivity index (χ4v) is 4.08. The molecule has 0 bridgehead atoms. The highest BCUT2D eigenvalue weighted by atomic mass is 32.1. The van der Waals surface area contributed by atoms with Crippen LogP contribution in [-0.4, -0.2) is 31.1 Å². The summed E-state index contributed by atoms with van der Waals surface area (Å²) >= 11 is 1.74. The molecular weight excluding hydrogens is 308 g/mol. The van der Waals surface area contributed by atoms with Crippen molar-refractivity contribution in [1.29, 1.82) is 0 Å². The van der Waals surface area contributed by atoms with Crippen LogP contribution in [0.2, 0.25) is 0 Å². The van der Waals surface area contributed by atoms with E-state index >= 15 is 0 Å². The summed E-state index contributed by atoms with van der Waals surface area (Å²) in [4.78, 5) is 15.9. The molecule has 0 spiro atoms. The molecule has 0 radical (unpaired) electrons. The minimum absolute atomic E-state index is 0.327. The van der Waals surface area contributed by atoms with Gasteiger partial charge < -0.3 is 4.90 Å². The number of aryl methyl sites for hydroxylation is 1. The summed E-state index contributed by atoms with van der Waals surface area (Å²) < 4.78 is 1.87. The summed E-state index contributed by atoms with van der Waals surface area (Å²) in [6.07, 6.45) is 9.10. The van der Waals surface area contributed by atoms with E-state index in [1.807, 2.05) is 10.7 Å². The van der Waals surface area contributed by atoms with E-state index in [9.17, 15) is 0 Å². The van der Waals surface area contributed by atoms with E-state index in [4.69, 9.17) is 0 Å². The minimum atomic E-state index is 0.327. The molecule has 0 amide bonds. The van der Waals surface area contributed by atoms with Gasteiger partial charge in [0.2, 0.25) is 0 Å². The van der Waals surface area contributed by atoms with Crippen molar-refractivity contribution in [2.24, 2.45) is 0 Å². The molecule has 1 aliphatic heterocycles. The van der Waals surface area contributed by atoms with Gasteiger partial charge in [0.05, 0.1) is 6.04 Å². The highest BCUT2D eigenvalue weighted by Crippen LogP contribution is 2.35. The van der Waals surface area contributed by atoms with Crippen LogP contribution in [0.5, 0.6) is 0 Å². The second-order valence-electron chi connectivity index (χ2n) is 5.90. The average Bonchev–Trinajstić information content (AvgIpc) is 3.26. The van der Waals surface area contributed by atoms with Crippen LogP contribution in [-0.2, 0) is 6.42 Å². The quantitative estimate of drug-likeness (QED) is 0.735. The van der Waals surface area contributed by atoms with Crippen LogP contribution in [0, 0.1) is 0 Å². The van der Waals surface area contributed by atoms with Crippen molar-refractivity contribution in [2.75, 3.05) is 11.4 Å². The SMILES string of the molecule is CCCc1cc(N2CCCCC2c2nccs2)n2ncnc2n1. The molecule has 4 rings (SSSR count). The van der Waals surface area contributed by atoms with E-state index in [0.717, 1.165) is 37.3 Å². The first-order chi connectivity index (χ1) is 11.4. The maximum Gasteiger partial charge on any atom is 0.254 e. The molecule has 7 heteroatoms. The fourth-order valence-electron chi connectivity index (χ4n) is 3.29. The zero-order valence-electron chi connectivity index (χ0n) is 13.2. The van der Waals surface area contributed by atoms with Gasteiger partial charge >= 0.3 is 0 Å². The van der Waals surface area contributed by atoms with Crippen molar-refractivity contribution in [3.63, 3.8) is 0 Å². The number of aromatic nitrogens is 5. The molecular formula is C16H20N6S. The van der Waals surface area contributed by atoms with Gasteiger partial charge in [-0.15, -0.1) is 11.3 Å². The molecule has 1 aliphatic rings. The van der Waals surface area contributed by atoms with E-state index in [2.05, 4.69) is 43.3 Å². The van der Waals surface area contributed by atoms with Crippen molar-refractivity contribution in [1.82, 2.24) is 24.6 Å². The summed E-state index contributed by atoms with van der Waals surface area (Å²) in [6, 6.07) is 2.50. The molecule has 23 heavy (non-hydrogen) atoms. The number of fused-ring (bicyclic) bond motifs is 1. The fraction of sp³-hybridized carbons (Fsp3) is 0.500. The standard InChI is InChI=1S/C16H20N6S/c1-2-5-12-10-14(22-16(20-12)18-11-19-22)21-8-4-3-6-13(21)15-17-7-9-23-15/h7,9-11,13H,2-6,8H2,1H3. The molecule has 3 aromatic rings. The van der Waals surface area contributed by atoms with Gasteiger partial charge in [0.15, 0.2) is 0 Å². The summed E-state index contributed by atoms with van der Waals surface area (Å²) in [5.41, 5.74) is 1.09. The number of thiazole rings is 1. The van der Waals surface area contributed by atoms with Crippen molar-refractivity contribution in [3.8, 4) is 0 Å². The first-order valence-corrected chi connectivity index (χ1v) is 9.10. The first kappa shape index (κ1) is 14.6. The lowest BCUT2D eigenvalue weighted by atomic mass is 10.0. The van der Waals surface area contributed by atoms with E-state index in [-0.39, 0.29) is 0 Å². The molecule has 1 saturated heterocycles. The summed E-state index contributed by atoms with van der Waals surface area (Å²) in [5, 5.41) is 7.64. The predicted octanol–water partition coefficient (Wildman–Crippen LogP) is 3.26. The smallest absolute Gasteiger partial charge is 0.254 e. The Balaban J connectivity index is 1.80. The number of piperidine rings is 1. The second kappa shape index (κ2) is 6.23. The van der Waals surface area contributed by atoms with Gasteiger partial charge in [-0.05, 0) is 25.7 Å². The summed E-state index contributed by atoms with van der Waals surface area (Å²) in [6.45, 7) is 3.20. The van der Waals surface area contributed by atoms with Crippen LogP contribution < -0.4 is 4.90 Å². The third-order valence-corrected chi connectivity index (χ3v) is 5.20. The number of hydrogen-bond acceptors (Lipinski definition) is 6. The van der Waals surface area contributed by atoms with Gasteiger partial charge in [-0.1, -0.05) is 13.3 Å². The normalized spacial score (nSPS) is 18.7. The van der Waals surface area contributed by atoms with Crippen LogP contribution in [0.3, 0.4) is 0 Å². The van der Waals surface area contributed by atoms with Gasteiger partial charge in [0.1, 0.15) is 17.2 Å². The lowest BCUT2D eigenvalue weighted by molar-refractivity contribution is 0.464. The van der Waals surface area contributed by atoms with E-state index < -0.39 is 0 Å². The maximum absolute atomic E-state index is 4.62. The van der Waals surface area contributed by atoms with Crippen molar-refractivity contribution in [3.05, 3.63) is 34.7 Å². The molecule has 1 unspecified atom stereocenters. The topological polar surface area (TPSA) is 59.2 Å². The van der Waals surface area contributed by atoms with Crippen LogP contribution in [0.4, 0.5) is 5.82 Å². The van der Waals surface area contributed by atoms with Gasteiger partial charge in [-0.3, -0.25) is 0 Å². The largest absolute Gasteiger partial charge is 0.347 e. The molecule has 0 aromatic carbocycles. The van der Waals surface area contributed by atoms with Crippen LogP contribution >= 0.6 is 11.3 Å². The predicted molar refractivity (Wildman–Crippen MR) is 90.8 cm³/mol. The zero-order valence-corrected chi connectivity index (χ0v) is 14.0. The van der Waals surface area contributed by atoms with Crippen LogP contribution in [0.1, 0.15) is 49.4 Å². The summed E-state index contributed by atoms with van der Waals surface area (Å²) in [5.74, 6) is 1.78. The number of rotatable bonds is 4. The Morgan fingerprint density at radius 1 is 1.30 bits per heavy atom. The zero-order chi connectivity index (χ0) is 15.6. The summed E-state index contributed by atoms with van der Waals surface area (Å²) in [7, 11) is 0. The first-order valence-electron chi connectivity index (χ1n) is 8.22. The third kappa shape index (κ3) is 2.69. The lowest BCUT2D eigenvalue weighted by Crippen LogP contribution is -2.35. The highest BCUT2D eigenvalue weighted by Gasteiger charge is 2.28. The second-order valence-corrected chi connectivity index (χ2v) is 6.83. The molecule has 0 N–H and O–H groups in total. The monoisotopic (exact) mass is 328 g/mol. The third-order valence-electron chi connectivity index (χ3n) is 4.33. The number of nitrogens with zero attached hydrogens (tertiary/aromatic N) is 6. The minimum Gasteiger partial charge on any atom is -0.347 e. The molecule has 0 aliphatic carbocycles. The Kier molecular flexibility index (Phi) is 3.95. The molecule has 6 nitrogen and oxygen atoms in total. The maximum atomic E-state index is 4.62. The van der Waals surface area contributed by atoms with Crippen molar-refractivity contribution < 1.29 is 0 Å². The van der Waals surface area contributed by atoms with Gasteiger partial charge in [-0.25, -0.2) is 9.97 Å². The van der Waals surface area contributed by atoms with Crippen LogP contribution in [0.25, 0.3) is 5.78 Å². The van der Waals surface area contributed by atoms with Gasteiger partial charge in [-0.2, -0.15) is 14.6 Å². The van der Waals surface area contributed by atoms with E-state index in [1.54, 1.807) is 17.7 Å². The molecule has 3 aromatic heterocycles. The molecule has 0 saturated carbocycles. The van der Waals surface area contributed by atoms with Crippen molar-refractivity contribution >= 4 is 22.9 Å². The lowest BCUT2D eigenvalue weighted by Gasteiger charge is -2.36. The molecule has 1 fully saturated rings. The Morgan fingerprint density at radius 2 is 2.26 bits per heavy atom.